The number of hydrogen-bond donors (Lipinski definition) is 2. The molecule has 0 saturated carbocycles. The first-order valence-electron chi connectivity index (χ1n) is 9.75. The van der Waals surface area contributed by atoms with Crippen LogP contribution in [-0.2, 0) is 11.2 Å². The number of amides is 1. The molecule has 0 unspecified atom stereocenters. The molecule has 1 amide bonds. The quantitative estimate of drug-likeness (QED) is 0.753. The van der Waals surface area contributed by atoms with Gasteiger partial charge in [0.25, 0.3) is 0 Å². The molecule has 0 aliphatic carbocycles. The number of nitriles is 1. The monoisotopic (exact) mass is 398 g/mol. The third-order valence-corrected chi connectivity index (χ3v) is 5.11. The number of carbonyl (C=O) groups is 1. The van der Waals surface area contributed by atoms with Crippen LogP contribution in [0.25, 0.3) is 0 Å². The van der Waals surface area contributed by atoms with Gasteiger partial charge in [-0.2, -0.15) is 5.26 Å². The Hall–Kier alpha value is -2.98. The van der Waals surface area contributed by atoms with Gasteiger partial charge in [0.2, 0.25) is 5.91 Å². The van der Waals surface area contributed by atoms with Gasteiger partial charge >= 0.3 is 0 Å². The van der Waals surface area contributed by atoms with Crippen LogP contribution in [0.15, 0.2) is 42.5 Å². The summed E-state index contributed by atoms with van der Waals surface area (Å²) in [6, 6.07) is 13.5. The van der Waals surface area contributed by atoms with Gasteiger partial charge in [-0.15, -0.1) is 0 Å². The minimum Gasteiger partial charge on any atom is -0.366 e. The lowest BCUT2D eigenvalue weighted by Crippen LogP contribution is -2.46. The number of carbonyl (C=O) groups excluding carboxylic acids is 1. The zero-order valence-corrected chi connectivity index (χ0v) is 16.1. The zero-order chi connectivity index (χ0) is 20.6. The molecule has 29 heavy (non-hydrogen) atoms. The maximum absolute atomic E-state index is 13.3. The molecule has 0 atom stereocenters. The van der Waals surface area contributed by atoms with Crippen LogP contribution in [0.4, 0.5) is 14.5 Å². The van der Waals surface area contributed by atoms with E-state index in [4.69, 9.17) is 0 Å². The number of rotatable bonds is 7. The number of benzene rings is 2. The summed E-state index contributed by atoms with van der Waals surface area (Å²) in [7, 11) is 0. The summed E-state index contributed by atoms with van der Waals surface area (Å²) in [6.45, 7) is 2.79. The van der Waals surface area contributed by atoms with Crippen LogP contribution in [0.2, 0.25) is 0 Å². The first-order valence-corrected chi connectivity index (χ1v) is 9.75. The minimum absolute atomic E-state index is 0.0146. The molecule has 2 N–H and O–H groups in total. The second-order valence-electron chi connectivity index (χ2n) is 7.08. The van der Waals surface area contributed by atoms with E-state index in [0.717, 1.165) is 43.8 Å². The number of piperidine rings is 1. The van der Waals surface area contributed by atoms with Crippen molar-refractivity contribution in [2.75, 3.05) is 31.1 Å². The molecule has 1 saturated heterocycles. The Kier molecular flexibility index (Phi) is 7.14. The largest absolute Gasteiger partial charge is 0.366 e. The highest BCUT2D eigenvalue weighted by molar-refractivity contribution is 5.78. The summed E-state index contributed by atoms with van der Waals surface area (Å²) in [6.07, 6.45) is 1.91. The summed E-state index contributed by atoms with van der Waals surface area (Å²) in [4.78, 5) is 14.4. The lowest BCUT2D eigenvalue weighted by Gasteiger charge is -2.37. The standard InChI is InChI=1S/C22H24F2N4O/c23-19-6-5-16(13-20(19)24)14-22(29)27-11-12-28(18-7-9-26-10-8-18)21-4-2-1-3-17(21)15-25/h1-6,13,18,26H,7-12,14H2,(H,27,29). The van der Waals surface area contributed by atoms with Crippen molar-refractivity contribution >= 4 is 11.6 Å². The highest BCUT2D eigenvalue weighted by Gasteiger charge is 2.23. The average molecular weight is 398 g/mol. The first kappa shape index (κ1) is 20.7. The predicted molar refractivity (Wildman–Crippen MR) is 107 cm³/mol. The highest BCUT2D eigenvalue weighted by Crippen LogP contribution is 2.25. The second kappa shape index (κ2) is 9.99. The molecule has 0 radical (unpaired) electrons. The van der Waals surface area contributed by atoms with Crippen molar-refractivity contribution in [3.8, 4) is 6.07 Å². The molecule has 1 fully saturated rings. The maximum Gasteiger partial charge on any atom is 0.224 e. The minimum atomic E-state index is -0.958. The Labute approximate surface area is 169 Å². The molecule has 3 rings (SSSR count). The van der Waals surface area contributed by atoms with E-state index >= 15 is 0 Å². The summed E-state index contributed by atoms with van der Waals surface area (Å²) in [5, 5.41) is 15.7. The molecule has 1 aliphatic rings. The van der Waals surface area contributed by atoms with Gasteiger partial charge in [0.05, 0.1) is 17.7 Å². The molecular weight excluding hydrogens is 374 g/mol. The summed E-state index contributed by atoms with van der Waals surface area (Å²) in [5.41, 5.74) is 1.90. The van der Waals surface area contributed by atoms with Crippen molar-refractivity contribution in [1.82, 2.24) is 10.6 Å². The maximum atomic E-state index is 13.3. The summed E-state index contributed by atoms with van der Waals surface area (Å²) >= 11 is 0. The lowest BCUT2D eigenvalue weighted by molar-refractivity contribution is -0.120. The van der Waals surface area contributed by atoms with Crippen LogP contribution in [0.1, 0.15) is 24.0 Å². The second-order valence-corrected chi connectivity index (χ2v) is 7.08. The normalized spacial score (nSPS) is 14.2. The third-order valence-electron chi connectivity index (χ3n) is 5.11. The molecule has 1 heterocycles. The SMILES string of the molecule is N#Cc1ccccc1N(CCNC(=O)Cc1ccc(F)c(F)c1)C1CCNCC1. The van der Waals surface area contributed by atoms with Crippen LogP contribution in [0.5, 0.6) is 0 Å². The van der Waals surface area contributed by atoms with Crippen molar-refractivity contribution in [3.05, 3.63) is 65.2 Å². The Balaban J connectivity index is 1.63. The van der Waals surface area contributed by atoms with Crippen LogP contribution >= 0.6 is 0 Å². The zero-order valence-electron chi connectivity index (χ0n) is 16.1. The van der Waals surface area contributed by atoms with Crippen LogP contribution in [0, 0.1) is 23.0 Å². The van der Waals surface area contributed by atoms with Gasteiger partial charge in [-0.05, 0) is 55.8 Å². The van der Waals surface area contributed by atoms with Crippen LogP contribution in [0.3, 0.4) is 0 Å². The molecule has 0 aromatic heterocycles. The smallest absolute Gasteiger partial charge is 0.224 e. The molecule has 1 aliphatic heterocycles. The Bertz CT molecular complexity index is 891. The first-order chi connectivity index (χ1) is 14.1. The Morgan fingerprint density at radius 3 is 2.66 bits per heavy atom. The van der Waals surface area contributed by atoms with Crippen LogP contribution in [-0.4, -0.2) is 38.1 Å². The van der Waals surface area contributed by atoms with Gasteiger partial charge < -0.3 is 15.5 Å². The number of nitrogens with one attached hydrogen (secondary N) is 2. The molecule has 2 aromatic rings. The van der Waals surface area contributed by atoms with Gasteiger partial charge in [-0.1, -0.05) is 18.2 Å². The van der Waals surface area contributed by atoms with Gasteiger partial charge in [-0.3, -0.25) is 4.79 Å². The predicted octanol–water partition coefficient (Wildman–Crippen LogP) is 2.75. The number of hydrogen-bond acceptors (Lipinski definition) is 4. The van der Waals surface area contributed by atoms with Gasteiger partial charge in [0.1, 0.15) is 6.07 Å². The van der Waals surface area contributed by atoms with Crippen molar-refractivity contribution in [3.63, 3.8) is 0 Å². The highest BCUT2D eigenvalue weighted by atomic mass is 19.2. The van der Waals surface area contributed by atoms with E-state index in [-0.39, 0.29) is 18.4 Å². The number of para-hydroxylation sites is 1. The summed E-state index contributed by atoms with van der Waals surface area (Å²) in [5.74, 6) is -2.14. The molecule has 152 valence electrons. The fraction of sp³-hybridized carbons (Fsp3) is 0.364. The number of anilines is 1. The van der Waals surface area contributed by atoms with E-state index in [1.165, 1.54) is 6.07 Å². The fourth-order valence-corrected chi connectivity index (χ4v) is 3.65. The molecule has 7 heteroatoms. The Morgan fingerprint density at radius 2 is 1.93 bits per heavy atom. The van der Waals surface area contributed by atoms with Crippen molar-refractivity contribution in [1.29, 1.82) is 5.26 Å². The number of nitrogens with zero attached hydrogens (tertiary/aromatic N) is 2. The van der Waals surface area contributed by atoms with Gasteiger partial charge in [0.15, 0.2) is 11.6 Å². The summed E-state index contributed by atoms with van der Waals surface area (Å²) < 4.78 is 26.3. The van der Waals surface area contributed by atoms with E-state index in [1.807, 2.05) is 18.2 Å². The lowest BCUT2D eigenvalue weighted by atomic mass is 10.0. The topological polar surface area (TPSA) is 68.2 Å². The molecule has 0 bridgehead atoms. The Morgan fingerprint density at radius 1 is 1.17 bits per heavy atom. The molecule has 5 nitrogen and oxygen atoms in total. The molecular formula is C22H24F2N4O. The third kappa shape index (κ3) is 5.52. The van der Waals surface area contributed by atoms with E-state index in [2.05, 4.69) is 21.6 Å². The molecule has 2 aromatic carbocycles. The van der Waals surface area contributed by atoms with Crippen LogP contribution < -0.4 is 15.5 Å². The van der Waals surface area contributed by atoms with E-state index in [1.54, 1.807) is 6.07 Å². The van der Waals surface area contributed by atoms with Crippen molar-refractivity contribution in [2.24, 2.45) is 0 Å². The van der Waals surface area contributed by atoms with E-state index in [0.29, 0.717) is 24.2 Å². The van der Waals surface area contributed by atoms with E-state index < -0.39 is 11.6 Å². The average Bonchev–Trinajstić information content (AvgIpc) is 2.74. The molecule has 0 spiro atoms. The van der Waals surface area contributed by atoms with Crippen molar-refractivity contribution in [2.45, 2.75) is 25.3 Å². The fourth-order valence-electron chi connectivity index (χ4n) is 3.65. The van der Waals surface area contributed by atoms with E-state index in [9.17, 15) is 18.8 Å². The van der Waals surface area contributed by atoms with Crippen molar-refractivity contribution < 1.29 is 13.6 Å². The van der Waals surface area contributed by atoms with Gasteiger partial charge in [-0.25, -0.2) is 8.78 Å². The number of halogens is 2. The van der Waals surface area contributed by atoms with Gasteiger partial charge in [0, 0.05) is 19.1 Å².